The maximum atomic E-state index is 12.3. The lowest BCUT2D eigenvalue weighted by molar-refractivity contribution is -0.118. The minimum atomic E-state index is 0.0347. The van der Waals surface area contributed by atoms with Crippen LogP contribution in [-0.2, 0) is 24.1 Å². The molecule has 0 aliphatic heterocycles. The first-order chi connectivity index (χ1) is 13.6. The first kappa shape index (κ1) is 19.7. The topological polar surface area (TPSA) is 54.9 Å². The summed E-state index contributed by atoms with van der Waals surface area (Å²) in [5, 5.41) is 5.87. The Kier molecular flexibility index (Phi) is 6.19. The van der Waals surface area contributed by atoms with E-state index in [1.54, 1.807) is 11.3 Å². The van der Waals surface area contributed by atoms with Gasteiger partial charge in [-0.25, -0.2) is 9.97 Å². The zero-order valence-corrected chi connectivity index (χ0v) is 18.1. The van der Waals surface area contributed by atoms with Crippen molar-refractivity contribution in [3.05, 3.63) is 51.1 Å². The predicted molar refractivity (Wildman–Crippen MR) is 118 cm³/mol. The molecule has 0 bridgehead atoms. The summed E-state index contributed by atoms with van der Waals surface area (Å²) in [7, 11) is 0. The summed E-state index contributed by atoms with van der Waals surface area (Å²) >= 11 is 9.23. The van der Waals surface area contributed by atoms with E-state index in [1.165, 1.54) is 40.4 Å². The molecule has 1 amide bonds. The highest BCUT2D eigenvalue weighted by atomic mass is 35.5. The van der Waals surface area contributed by atoms with Crippen molar-refractivity contribution in [2.75, 3.05) is 12.3 Å². The molecule has 0 saturated carbocycles. The van der Waals surface area contributed by atoms with Crippen LogP contribution >= 0.6 is 34.7 Å². The summed E-state index contributed by atoms with van der Waals surface area (Å²) in [6.07, 6.45) is 5.52. The van der Waals surface area contributed by atoms with Crippen molar-refractivity contribution < 1.29 is 4.79 Å². The normalized spacial score (nSPS) is 13.5. The standard InChI is InChI=1S/C21H22ClN3OS2/c1-13-24-20(19-16-4-2-3-5-17(16)28-21(19)25-13)27-12-18(26)23-11-10-14-6-8-15(22)9-7-14/h6-9H,2-5,10-12H2,1H3,(H,23,26). The number of carbonyl (C=O) groups excluding carboxylic acids is 1. The molecule has 1 N–H and O–H groups in total. The molecular formula is C21H22ClN3OS2. The Morgan fingerprint density at radius 3 is 2.82 bits per heavy atom. The van der Waals surface area contributed by atoms with Gasteiger partial charge < -0.3 is 5.32 Å². The van der Waals surface area contributed by atoms with Crippen molar-refractivity contribution in [3.63, 3.8) is 0 Å². The molecule has 28 heavy (non-hydrogen) atoms. The van der Waals surface area contributed by atoms with Crippen LogP contribution in [0.2, 0.25) is 5.02 Å². The number of carbonyl (C=O) groups is 1. The first-order valence-corrected chi connectivity index (χ1v) is 11.7. The maximum absolute atomic E-state index is 12.3. The minimum Gasteiger partial charge on any atom is -0.355 e. The number of hydrogen-bond acceptors (Lipinski definition) is 5. The third-order valence-electron chi connectivity index (χ3n) is 4.88. The fourth-order valence-electron chi connectivity index (χ4n) is 3.51. The van der Waals surface area contributed by atoms with E-state index in [1.807, 2.05) is 31.2 Å². The van der Waals surface area contributed by atoms with Gasteiger partial charge in [-0.1, -0.05) is 35.5 Å². The van der Waals surface area contributed by atoms with Crippen LogP contribution in [0.15, 0.2) is 29.3 Å². The van der Waals surface area contributed by atoms with Gasteiger partial charge in [0.15, 0.2) is 0 Å². The molecule has 146 valence electrons. The minimum absolute atomic E-state index is 0.0347. The van der Waals surface area contributed by atoms with Crippen molar-refractivity contribution in [1.29, 1.82) is 0 Å². The van der Waals surface area contributed by atoms with Crippen LogP contribution < -0.4 is 5.32 Å². The van der Waals surface area contributed by atoms with Gasteiger partial charge in [-0.15, -0.1) is 11.3 Å². The summed E-state index contributed by atoms with van der Waals surface area (Å²) in [4.78, 5) is 24.1. The SMILES string of the molecule is Cc1nc(SCC(=O)NCCc2ccc(Cl)cc2)c2c3c(sc2n1)CCCC3. The van der Waals surface area contributed by atoms with E-state index in [4.69, 9.17) is 11.6 Å². The number of amides is 1. The van der Waals surface area contributed by atoms with E-state index in [0.29, 0.717) is 12.3 Å². The van der Waals surface area contributed by atoms with Crippen molar-refractivity contribution in [1.82, 2.24) is 15.3 Å². The molecule has 3 aromatic rings. The Morgan fingerprint density at radius 1 is 1.21 bits per heavy atom. The quantitative estimate of drug-likeness (QED) is 0.441. The third-order valence-corrected chi connectivity index (χ3v) is 7.30. The molecule has 2 heterocycles. The summed E-state index contributed by atoms with van der Waals surface area (Å²) in [6, 6.07) is 7.73. The van der Waals surface area contributed by atoms with Gasteiger partial charge in [-0.3, -0.25) is 4.79 Å². The fraction of sp³-hybridized carbons (Fsp3) is 0.381. The van der Waals surface area contributed by atoms with E-state index in [2.05, 4.69) is 15.3 Å². The van der Waals surface area contributed by atoms with Gasteiger partial charge in [0, 0.05) is 21.8 Å². The lowest BCUT2D eigenvalue weighted by atomic mass is 9.97. The Morgan fingerprint density at radius 2 is 2.00 bits per heavy atom. The highest BCUT2D eigenvalue weighted by Gasteiger charge is 2.21. The molecule has 1 aromatic carbocycles. The Labute approximate surface area is 178 Å². The average molecular weight is 432 g/mol. The van der Waals surface area contributed by atoms with Gasteiger partial charge in [-0.05, 0) is 62.3 Å². The first-order valence-electron chi connectivity index (χ1n) is 9.53. The molecule has 0 fully saturated rings. The lowest BCUT2D eigenvalue weighted by Crippen LogP contribution is -2.27. The highest BCUT2D eigenvalue weighted by Crippen LogP contribution is 2.39. The number of benzene rings is 1. The average Bonchev–Trinajstić information content (AvgIpc) is 3.06. The van der Waals surface area contributed by atoms with Crippen LogP contribution in [0.25, 0.3) is 10.2 Å². The predicted octanol–water partition coefficient (Wildman–Crippen LogP) is 4.98. The van der Waals surface area contributed by atoms with Gasteiger partial charge in [0.05, 0.1) is 5.75 Å². The zero-order chi connectivity index (χ0) is 19.5. The number of nitrogens with one attached hydrogen (secondary N) is 1. The van der Waals surface area contributed by atoms with E-state index < -0.39 is 0 Å². The van der Waals surface area contributed by atoms with E-state index in [0.717, 1.165) is 45.5 Å². The van der Waals surface area contributed by atoms with Crippen molar-refractivity contribution in [3.8, 4) is 0 Å². The summed E-state index contributed by atoms with van der Waals surface area (Å²) < 4.78 is 0. The maximum Gasteiger partial charge on any atom is 0.230 e. The van der Waals surface area contributed by atoms with Gasteiger partial charge in [0.25, 0.3) is 0 Å². The van der Waals surface area contributed by atoms with Crippen LogP contribution in [-0.4, -0.2) is 28.2 Å². The lowest BCUT2D eigenvalue weighted by Gasteiger charge is -2.12. The number of nitrogens with zero attached hydrogens (tertiary/aromatic N) is 2. The highest BCUT2D eigenvalue weighted by molar-refractivity contribution is 8.00. The zero-order valence-electron chi connectivity index (χ0n) is 15.8. The molecule has 0 atom stereocenters. The van der Waals surface area contributed by atoms with Crippen LogP contribution in [0.5, 0.6) is 0 Å². The number of halogens is 1. The second-order valence-electron chi connectivity index (χ2n) is 6.98. The summed E-state index contributed by atoms with van der Waals surface area (Å²) in [5.74, 6) is 1.18. The van der Waals surface area contributed by atoms with E-state index >= 15 is 0 Å². The smallest absolute Gasteiger partial charge is 0.230 e. The molecule has 1 aliphatic carbocycles. The van der Waals surface area contributed by atoms with Crippen LogP contribution in [0.1, 0.15) is 34.7 Å². The third kappa shape index (κ3) is 4.50. The number of rotatable bonds is 6. The number of thiophene rings is 1. The Bertz CT molecular complexity index is 1000. The molecular weight excluding hydrogens is 410 g/mol. The van der Waals surface area contributed by atoms with Crippen molar-refractivity contribution >= 4 is 50.8 Å². The molecule has 0 unspecified atom stereocenters. The second kappa shape index (κ2) is 8.80. The Hall–Kier alpha value is -1.63. The molecule has 1 aliphatic rings. The van der Waals surface area contributed by atoms with Crippen LogP contribution in [0.4, 0.5) is 0 Å². The van der Waals surface area contributed by atoms with E-state index in [9.17, 15) is 4.79 Å². The second-order valence-corrected chi connectivity index (χ2v) is 9.47. The largest absolute Gasteiger partial charge is 0.355 e. The van der Waals surface area contributed by atoms with Gasteiger partial charge in [0.2, 0.25) is 5.91 Å². The van der Waals surface area contributed by atoms with Crippen molar-refractivity contribution in [2.24, 2.45) is 0 Å². The Balaban J connectivity index is 1.38. The molecule has 0 saturated heterocycles. The molecule has 4 rings (SSSR count). The summed E-state index contributed by atoms with van der Waals surface area (Å²) in [5.41, 5.74) is 2.58. The van der Waals surface area contributed by atoms with Crippen LogP contribution in [0, 0.1) is 6.92 Å². The van der Waals surface area contributed by atoms with Gasteiger partial charge in [-0.2, -0.15) is 0 Å². The number of aryl methyl sites for hydroxylation is 3. The molecule has 7 heteroatoms. The van der Waals surface area contributed by atoms with Gasteiger partial charge in [0.1, 0.15) is 15.7 Å². The molecule has 0 radical (unpaired) electrons. The number of fused-ring (bicyclic) bond motifs is 3. The van der Waals surface area contributed by atoms with Gasteiger partial charge >= 0.3 is 0 Å². The van der Waals surface area contributed by atoms with E-state index in [-0.39, 0.29) is 5.91 Å². The van der Waals surface area contributed by atoms with Crippen molar-refractivity contribution in [2.45, 2.75) is 44.1 Å². The number of aromatic nitrogens is 2. The summed E-state index contributed by atoms with van der Waals surface area (Å²) in [6.45, 7) is 2.54. The van der Waals surface area contributed by atoms with Crippen LogP contribution in [0.3, 0.4) is 0 Å². The number of hydrogen-bond donors (Lipinski definition) is 1. The monoisotopic (exact) mass is 431 g/mol. The molecule has 4 nitrogen and oxygen atoms in total. The molecule has 2 aromatic heterocycles. The number of thioether (sulfide) groups is 1. The fourth-order valence-corrected chi connectivity index (χ4v) is 5.94. The molecule has 0 spiro atoms.